The number of urea groups is 1. The number of aromatic amines is 1. The molecule has 1 fully saturated rings. The lowest BCUT2D eigenvalue weighted by Crippen LogP contribution is -2.47. The van der Waals surface area contributed by atoms with Crippen LogP contribution in [0.2, 0.25) is 5.02 Å². The molecule has 1 atom stereocenters. The number of carbonyl (C=O) groups is 1. The van der Waals surface area contributed by atoms with Crippen LogP contribution < -0.4 is 4.90 Å². The van der Waals surface area contributed by atoms with Gasteiger partial charge in [0.25, 0.3) is 0 Å². The normalized spacial score (nSPS) is 22.1. The molecule has 0 spiro atoms. The summed E-state index contributed by atoms with van der Waals surface area (Å²) in [6, 6.07) is 5.95. The fourth-order valence-corrected chi connectivity index (χ4v) is 4.53. The Bertz CT molecular complexity index is 787. The summed E-state index contributed by atoms with van der Waals surface area (Å²) >= 11 is 6.49. The fraction of sp³-hybridized carbons (Fsp3) is 0.474. The molecular weight excluding hydrogens is 336 g/mol. The van der Waals surface area contributed by atoms with Crippen LogP contribution in [0.5, 0.6) is 0 Å². The Morgan fingerprint density at radius 3 is 2.96 bits per heavy atom. The van der Waals surface area contributed by atoms with Crippen LogP contribution in [-0.2, 0) is 5.41 Å². The van der Waals surface area contributed by atoms with Crippen LogP contribution in [0.25, 0.3) is 0 Å². The second kappa shape index (κ2) is 6.06. The number of fused-ring (bicyclic) bond motifs is 1. The molecule has 0 bridgehead atoms. The molecule has 0 radical (unpaired) electrons. The van der Waals surface area contributed by atoms with Gasteiger partial charge in [0.2, 0.25) is 0 Å². The molecule has 1 aromatic heterocycles. The first-order chi connectivity index (χ1) is 12.0. The van der Waals surface area contributed by atoms with Crippen molar-refractivity contribution in [3.05, 3.63) is 46.7 Å². The third kappa shape index (κ3) is 2.80. The van der Waals surface area contributed by atoms with E-state index in [0.717, 1.165) is 48.7 Å². The number of benzene rings is 1. The first-order valence-electron chi connectivity index (χ1n) is 8.81. The van der Waals surface area contributed by atoms with Gasteiger partial charge in [-0.05, 0) is 36.0 Å². The van der Waals surface area contributed by atoms with Gasteiger partial charge in [0, 0.05) is 42.3 Å². The van der Waals surface area contributed by atoms with E-state index in [1.54, 1.807) is 0 Å². The maximum absolute atomic E-state index is 13.2. The maximum atomic E-state index is 13.2. The second-order valence-corrected chi connectivity index (χ2v) is 8.07. The lowest BCUT2D eigenvalue weighted by molar-refractivity contribution is 0.213. The lowest BCUT2D eigenvalue weighted by Gasteiger charge is -2.40. The van der Waals surface area contributed by atoms with Crippen molar-refractivity contribution >= 4 is 23.3 Å². The summed E-state index contributed by atoms with van der Waals surface area (Å²) in [5.41, 5.74) is 3.20. The maximum Gasteiger partial charge on any atom is 0.324 e. The number of nitrogens with zero attached hydrogens (tertiary/aromatic N) is 3. The van der Waals surface area contributed by atoms with Crippen molar-refractivity contribution in [1.82, 2.24) is 15.1 Å². The average molecular weight is 359 g/mol. The van der Waals surface area contributed by atoms with Crippen LogP contribution in [-0.4, -0.2) is 40.8 Å². The van der Waals surface area contributed by atoms with Gasteiger partial charge in [-0.15, -0.1) is 0 Å². The Morgan fingerprint density at radius 2 is 2.20 bits per heavy atom. The number of H-pyrrole nitrogens is 1. The average Bonchev–Trinajstić information content (AvgIpc) is 3.25. The molecule has 1 saturated heterocycles. The Morgan fingerprint density at radius 1 is 1.36 bits per heavy atom. The molecule has 0 saturated carbocycles. The van der Waals surface area contributed by atoms with Gasteiger partial charge in [0.1, 0.15) is 0 Å². The summed E-state index contributed by atoms with van der Waals surface area (Å²) in [5, 5.41) is 7.64. The van der Waals surface area contributed by atoms with Crippen LogP contribution in [0.3, 0.4) is 0 Å². The fourth-order valence-electron chi connectivity index (χ4n) is 4.10. The predicted molar refractivity (Wildman–Crippen MR) is 99.4 cm³/mol. The first-order valence-corrected chi connectivity index (χ1v) is 9.19. The number of carbonyl (C=O) groups excluding carboxylic acids is 1. The number of nitrogens with one attached hydrogen (secondary N) is 1. The van der Waals surface area contributed by atoms with Crippen LogP contribution in [0, 0.1) is 0 Å². The second-order valence-electron chi connectivity index (χ2n) is 7.67. The predicted octanol–water partition coefficient (Wildman–Crippen LogP) is 4.16. The summed E-state index contributed by atoms with van der Waals surface area (Å²) in [5.74, 6) is 0.364. The van der Waals surface area contributed by atoms with Crippen molar-refractivity contribution in [2.24, 2.45) is 0 Å². The molecule has 1 N–H and O–H groups in total. The molecule has 1 aromatic carbocycles. The SMILES string of the molecule is CC1(C)CCN(C(=O)N2CCC(c3cn[nH]c3)C2)c2cccc(Cl)c21. The lowest BCUT2D eigenvalue weighted by atomic mass is 9.77. The van der Waals surface area contributed by atoms with Gasteiger partial charge < -0.3 is 4.90 Å². The molecule has 2 aromatic rings. The van der Waals surface area contributed by atoms with Crippen molar-refractivity contribution < 1.29 is 4.79 Å². The van der Waals surface area contributed by atoms with E-state index in [1.807, 2.05) is 40.4 Å². The zero-order valence-electron chi connectivity index (χ0n) is 14.6. The first kappa shape index (κ1) is 16.5. The Balaban J connectivity index is 1.59. The van der Waals surface area contributed by atoms with Gasteiger partial charge in [-0.2, -0.15) is 5.10 Å². The molecule has 1 unspecified atom stereocenters. The highest BCUT2D eigenvalue weighted by Gasteiger charge is 2.38. The summed E-state index contributed by atoms with van der Waals surface area (Å²) in [4.78, 5) is 17.1. The topological polar surface area (TPSA) is 52.2 Å². The zero-order chi connectivity index (χ0) is 17.6. The molecule has 0 aliphatic carbocycles. The van der Waals surface area contributed by atoms with Gasteiger partial charge in [0.15, 0.2) is 0 Å². The number of amides is 2. The number of rotatable bonds is 1. The Labute approximate surface area is 153 Å². The van der Waals surface area contributed by atoms with Gasteiger partial charge >= 0.3 is 6.03 Å². The molecule has 4 rings (SSSR count). The molecular formula is C19H23ClN4O. The summed E-state index contributed by atoms with van der Waals surface area (Å²) in [7, 11) is 0. The molecule has 25 heavy (non-hydrogen) atoms. The highest BCUT2D eigenvalue weighted by atomic mass is 35.5. The number of halogens is 1. The Hall–Kier alpha value is -2.01. The van der Waals surface area contributed by atoms with E-state index in [2.05, 4.69) is 24.0 Å². The molecule has 6 heteroatoms. The van der Waals surface area contributed by atoms with Crippen molar-refractivity contribution in [2.45, 2.75) is 38.0 Å². The smallest absolute Gasteiger partial charge is 0.324 e. The minimum atomic E-state index is -0.0191. The van der Waals surface area contributed by atoms with E-state index >= 15 is 0 Å². The van der Waals surface area contributed by atoms with E-state index in [-0.39, 0.29) is 11.4 Å². The van der Waals surface area contributed by atoms with Crippen LogP contribution in [0.4, 0.5) is 10.5 Å². The Kier molecular flexibility index (Phi) is 3.99. The number of aromatic nitrogens is 2. The van der Waals surface area contributed by atoms with E-state index in [4.69, 9.17) is 11.6 Å². The highest BCUT2D eigenvalue weighted by Crippen LogP contribution is 2.44. The molecule has 132 valence electrons. The summed E-state index contributed by atoms with van der Waals surface area (Å²) in [6.07, 6.45) is 5.68. The van der Waals surface area contributed by atoms with E-state index in [1.165, 1.54) is 5.56 Å². The number of hydrogen-bond acceptors (Lipinski definition) is 2. The number of hydrogen-bond donors (Lipinski definition) is 1. The molecule has 2 amide bonds. The summed E-state index contributed by atoms with van der Waals surface area (Å²) < 4.78 is 0. The molecule has 3 heterocycles. The van der Waals surface area contributed by atoms with Gasteiger partial charge in [-0.1, -0.05) is 31.5 Å². The minimum absolute atomic E-state index is 0.0191. The zero-order valence-corrected chi connectivity index (χ0v) is 15.4. The van der Waals surface area contributed by atoms with Crippen molar-refractivity contribution in [3.8, 4) is 0 Å². The molecule has 2 aliphatic rings. The largest absolute Gasteiger partial charge is 0.324 e. The van der Waals surface area contributed by atoms with Crippen molar-refractivity contribution in [1.29, 1.82) is 0 Å². The highest BCUT2D eigenvalue weighted by molar-refractivity contribution is 6.32. The third-order valence-electron chi connectivity index (χ3n) is 5.60. The van der Waals surface area contributed by atoms with Crippen LogP contribution in [0.1, 0.15) is 43.7 Å². The van der Waals surface area contributed by atoms with Crippen molar-refractivity contribution in [2.75, 3.05) is 24.5 Å². The third-order valence-corrected chi connectivity index (χ3v) is 5.92. The van der Waals surface area contributed by atoms with Crippen LogP contribution in [0.15, 0.2) is 30.6 Å². The van der Waals surface area contributed by atoms with E-state index < -0.39 is 0 Å². The van der Waals surface area contributed by atoms with E-state index in [9.17, 15) is 4.79 Å². The molecule has 5 nitrogen and oxygen atoms in total. The molecule has 2 aliphatic heterocycles. The number of anilines is 1. The monoisotopic (exact) mass is 358 g/mol. The van der Waals surface area contributed by atoms with Gasteiger partial charge in [-0.25, -0.2) is 4.79 Å². The van der Waals surface area contributed by atoms with Crippen LogP contribution >= 0.6 is 11.6 Å². The van der Waals surface area contributed by atoms with Gasteiger partial charge in [0.05, 0.1) is 11.9 Å². The summed E-state index contributed by atoms with van der Waals surface area (Å²) in [6.45, 7) is 6.65. The van der Waals surface area contributed by atoms with E-state index in [0.29, 0.717) is 5.92 Å². The standard InChI is InChI=1S/C19H23ClN4O/c1-19(2)7-9-24(16-5-3-4-15(20)17(16)19)18(25)23-8-6-13(12-23)14-10-21-22-11-14/h3-5,10-11,13H,6-9,12H2,1-2H3,(H,21,22). The number of likely N-dealkylation sites (tertiary alicyclic amines) is 1. The van der Waals surface area contributed by atoms with Crippen molar-refractivity contribution in [3.63, 3.8) is 0 Å². The van der Waals surface area contributed by atoms with Gasteiger partial charge in [-0.3, -0.25) is 10.00 Å². The quantitative estimate of drug-likeness (QED) is 0.832. The minimum Gasteiger partial charge on any atom is -0.324 e.